The lowest BCUT2D eigenvalue weighted by atomic mass is 10.1. The molecule has 1 aromatic heterocycles. The van der Waals surface area contributed by atoms with Gasteiger partial charge in [-0.2, -0.15) is 0 Å². The molecule has 0 aliphatic carbocycles. The van der Waals surface area contributed by atoms with Crippen LogP contribution in [0.4, 0.5) is 10.2 Å². The molecule has 0 radical (unpaired) electrons. The lowest BCUT2D eigenvalue weighted by Crippen LogP contribution is -2.42. The van der Waals surface area contributed by atoms with Gasteiger partial charge in [0.2, 0.25) is 11.8 Å². The van der Waals surface area contributed by atoms with E-state index in [0.29, 0.717) is 25.9 Å². The zero-order valence-electron chi connectivity index (χ0n) is 17.4. The second-order valence-corrected chi connectivity index (χ2v) is 7.66. The quantitative estimate of drug-likeness (QED) is 0.842. The summed E-state index contributed by atoms with van der Waals surface area (Å²) in [4.78, 5) is 33.4. The first-order valence-corrected chi connectivity index (χ1v) is 10.5. The van der Waals surface area contributed by atoms with Crippen molar-refractivity contribution in [1.29, 1.82) is 0 Å². The fourth-order valence-electron chi connectivity index (χ4n) is 3.46. The number of hydrogen-bond acceptors (Lipinski definition) is 4. The Morgan fingerprint density at radius 3 is 2.73 bits per heavy atom. The van der Waals surface area contributed by atoms with Crippen molar-refractivity contribution in [2.75, 3.05) is 38.5 Å². The number of likely N-dealkylation sites (N-methyl/N-ethyl adjacent to an activating group) is 1. The van der Waals surface area contributed by atoms with Gasteiger partial charge in [0.05, 0.1) is 6.54 Å². The Morgan fingerprint density at radius 1 is 1.13 bits per heavy atom. The number of benzene rings is 1. The Balaban J connectivity index is 1.66. The summed E-state index contributed by atoms with van der Waals surface area (Å²) in [6.45, 7) is 1.93. The molecule has 0 fully saturated rings. The molecule has 2 aromatic rings. The summed E-state index contributed by atoms with van der Waals surface area (Å²) < 4.78 is 13.1. The molecule has 1 aliphatic rings. The van der Waals surface area contributed by atoms with E-state index in [2.05, 4.69) is 10.3 Å². The average Bonchev–Trinajstić information content (AvgIpc) is 2.75. The maximum atomic E-state index is 13.1. The van der Waals surface area contributed by atoms with E-state index in [9.17, 15) is 14.0 Å². The summed E-state index contributed by atoms with van der Waals surface area (Å²) in [5, 5.41) is 3.30. The fraction of sp³-hybridized carbons (Fsp3) is 0.435. The maximum Gasteiger partial charge on any atom is 0.241 e. The number of carbonyl (C=O) groups is 2. The van der Waals surface area contributed by atoms with Crippen molar-refractivity contribution in [1.82, 2.24) is 14.8 Å². The molecule has 30 heavy (non-hydrogen) atoms. The predicted octanol–water partition coefficient (Wildman–Crippen LogP) is 2.89. The molecule has 3 rings (SSSR count). The molecule has 2 amide bonds. The summed E-state index contributed by atoms with van der Waals surface area (Å²) in [5.74, 6) is 0.433. The summed E-state index contributed by atoms with van der Waals surface area (Å²) >= 11 is 0. The molecule has 1 aliphatic heterocycles. The molecule has 0 atom stereocenters. The monoisotopic (exact) mass is 412 g/mol. The van der Waals surface area contributed by atoms with E-state index in [1.165, 1.54) is 12.1 Å². The Labute approximate surface area is 177 Å². The van der Waals surface area contributed by atoms with Gasteiger partial charge in [0.25, 0.3) is 0 Å². The van der Waals surface area contributed by atoms with E-state index in [0.717, 1.165) is 42.9 Å². The highest BCUT2D eigenvalue weighted by Gasteiger charge is 2.19. The van der Waals surface area contributed by atoms with Gasteiger partial charge in [-0.05, 0) is 55.5 Å². The molecular formula is C23H29FN4O2. The van der Waals surface area contributed by atoms with Gasteiger partial charge in [-0.25, -0.2) is 9.37 Å². The van der Waals surface area contributed by atoms with Gasteiger partial charge in [-0.3, -0.25) is 9.59 Å². The molecule has 0 saturated carbocycles. The van der Waals surface area contributed by atoms with Crippen molar-refractivity contribution in [3.8, 4) is 0 Å². The first-order chi connectivity index (χ1) is 14.5. The number of anilines is 1. The largest absolute Gasteiger partial charge is 0.370 e. The van der Waals surface area contributed by atoms with Gasteiger partial charge < -0.3 is 15.1 Å². The second-order valence-electron chi connectivity index (χ2n) is 7.66. The van der Waals surface area contributed by atoms with Crippen LogP contribution in [0.1, 0.15) is 30.5 Å². The number of fused-ring (bicyclic) bond motifs is 2. The Kier molecular flexibility index (Phi) is 7.76. The lowest BCUT2D eigenvalue weighted by molar-refractivity contribution is -0.139. The zero-order chi connectivity index (χ0) is 21.3. The number of hydrogen-bond donors (Lipinski definition) is 1. The van der Waals surface area contributed by atoms with E-state index in [1.54, 1.807) is 29.0 Å². The standard InChI is InChI=1S/C23H29FN4O2/c1-27-15-4-14-25-21-7-2-5-20(26-21)6-3-16-28(17-23(27)30)22(29)13-10-18-8-11-19(24)12-9-18/h2,5,7-9,11-12H,3-4,6,10,13-17H2,1H3,(H,25,26). The number of amides is 2. The molecule has 6 nitrogen and oxygen atoms in total. The number of aryl methyl sites for hydroxylation is 2. The minimum Gasteiger partial charge on any atom is -0.370 e. The van der Waals surface area contributed by atoms with Gasteiger partial charge in [0.1, 0.15) is 11.6 Å². The summed E-state index contributed by atoms with van der Waals surface area (Å²) in [7, 11) is 1.77. The van der Waals surface area contributed by atoms with Crippen LogP contribution in [0.5, 0.6) is 0 Å². The molecule has 1 aromatic carbocycles. The third kappa shape index (κ3) is 6.54. The highest BCUT2D eigenvalue weighted by molar-refractivity contribution is 5.84. The van der Waals surface area contributed by atoms with Crippen molar-refractivity contribution < 1.29 is 14.0 Å². The summed E-state index contributed by atoms with van der Waals surface area (Å²) in [6, 6.07) is 12.1. The van der Waals surface area contributed by atoms with E-state index in [4.69, 9.17) is 0 Å². The Morgan fingerprint density at radius 2 is 1.93 bits per heavy atom. The number of halogens is 1. The van der Waals surface area contributed by atoms with E-state index in [-0.39, 0.29) is 24.2 Å². The van der Waals surface area contributed by atoms with E-state index < -0.39 is 0 Å². The van der Waals surface area contributed by atoms with Crippen molar-refractivity contribution in [2.45, 2.75) is 32.1 Å². The highest BCUT2D eigenvalue weighted by Crippen LogP contribution is 2.11. The van der Waals surface area contributed by atoms with Crippen LogP contribution in [0.3, 0.4) is 0 Å². The van der Waals surface area contributed by atoms with Gasteiger partial charge in [0.15, 0.2) is 0 Å². The van der Waals surface area contributed by atoms with Crippen LogP contribution in [0.25, 0.3) is 0 Å². The topological polar surface area (TPSA) is 65.5 Å². The Bertz CT molecular complexity index is 857. The van der Waals surface area contributed by atoms with Gasteiger partial charge in [-0.1, -0.05) is 18.2 Å². The molecular weight excluding hydrogens is 383 g/mol. The summed E-state index contributed by atoms with van der Waals surface area (Å²) in [6.07, 6.45) is 3.08. The van der Waals surface area contributed by atoms with Crippen LogP contribution in [0, 0.1) is 5.82 Å². The molecule has 2 bridgehead atoms. The number of nitrogens with zero attached hydrogens (tertiary/aromatic N) is 3. The van der Waals surface area contributed by atoms with E-state index >= 15 is 0 Å². The van der Waals surface area contributed by atoms with Crippen molar-refractivity contribution in [2.24, 2.45) is 0 Å². The van der Waals surface area contributed by atoms with Crippen molar-refractivity contribution in [3.63, 3.8) is 0 Å². The normalized spacial score (nSPS) is 16.0. The zero-order valence-corrected chi connectivity index (χ0v) is 17.4. The molecule has 0 saturated heterocycles. The van der Waals surface area contributed by atoms with Crippen LogP contribution < -0.4 is 5.32 Å². The molecule has 0 unspecified atom stereocenters. The number of nitrogens with one attached hydrogen (secondary N) is 1. The number of carbonyl (C=O) groups excluding carboxylic acids is 2. The van der Waals surface area contributed by atoms with Gasteiger partial charge in [0, 0.05) is 38.8 Å². The number of pyridine rings is 1. The molecule has 1 N–H and O–H groups in total. The first-order valence-electron chi connectivity index (χ1n) is 10.5. The van der Waals surface area contributed by atoms with Crippen LogP contribution in [0.2, 0.25) is 0 Å². The van der Waals surface area contributed by atoms with Gasteiger partial charge >= 0.3 is 0 Å². The summed E-state index contributed by atoms with van der Waals surface area (Å²) in [5.41, 5.74) is 1.88. The van der Waals surface area contributed by atoms with Crippen molar-refractivity contribution >= 4 is 17.6 Å². The average molecular weight is 413 g/mol. The number of aromatic nitrogens is 1. The highest BCUT2D eigenvalue weighted by atomic mass is 19.1. The first kappa shape index (κ1) is 21.7. The van der Waals surface area contributed by atoms with Crippen LogP contribution in [-0.4, -0.2) is 59.8 Å². The third-order valence-corrected chi connectivity index (χ3v) is 5.29. The van der Waals surface area contributed by atoms with Crippen molar-refractivity contribution in [3.05, 3.63) is 59.5 Å². The minimum absolute atomic E-state index is 0.0566. The molecule has 0 spiro atoms. The lowest BCUT2D eigenvalue weighted by Gasteiger charge is -2.26. The predicted molar refractivity (Wildman–Crippen MR) is 115 cm³/mol. The third-order valence-electron chi connectivity index (χ3n) is 5.29. The molecule has 2 heterocycles. The smallest absolute Gasteiger partial charge is 0.241 e. The molecule has 7 heteroatoms. The SMILES string of the molecule is CN1CCCNc2cccc(n2)CCCN(C(=O)CCc2ccc(F)cc2)CC1=O. The van der Waals surface area contributed by atoms with Gasteiger partial charge in [-0.15, -0.1) is 0 Å². The minimum atomic E-state index is -0.290. The molecule has 160 valence electrons. The Hall–Kier alpha value is -2.96. The number of rotatable bonds is 3. The van der Waals surface area contributed by atoms with E-state index in [1.807, 2.05) is 18.2 Å². The fourth-order valence-corrected chi connectivity index (χ4v) is 3.46. The second kappa shape index (κ2) is 10.7. The maximum absolute atomic E-state index is 13.1. The van der Waals surface area contributed by atoms with Crippen LogP contribution >= 0.6 is 0 Å². The van der Waals surface area contributed by atoms with Crippen LogP contribution in [-0.2, 0) is 22.4 Å². The van der Waals surface area contributed by atoms with Crippen LogP contribution in [0.15, 0.2) is 42.5 Å².